The lowest BCUT2D eigenvalue weighted by Crippen LogP contribution is -2.36. The summed E-state index contributed by atoms with van der Waals surface area (Å²) in [6.45, 7) is 3.75. The smallest absolute Gasteiger partial charge is 0.251 e. The minimum atomic E-state index is -0.116. The molecule has 0 spiro atoms. The standard InChI is InChI=1S/C21H25N3O3/c25-20(7-4-12-22-21(26)17-5-2-1-3-6-17)23-18-8-10-19(11-9-18)24-13-15-27-16-14-24/h1-3,5-6,8-11H,4,7,12-16H2,(H,22,26)(H,23,25). The van der Waals surface area contributed by atoms with Crippen molar-refractivity contribution in [1.82, 2.24) is 5.32 Å². The van der Waals surface area contributed by atoms with Crippen LogP contribution in [-0.2, 0) is 9.53 Å². The van der Waals surface area contributed by atoms with Crippen LogP contribution in [0.25, 0.3) is 0 Å². The Bertz CT molecular complexity index is 741. The van der Waals surface area contributed by atoms with E-state index in [0.29, 0.717) is 24.9 Å². The maximum atomic E-state index is 12.1. The number of carbonyl (C=O) groups excluding carboxylic acids is 2. The van der Waals surface area contributed by atoms with Crippen LogP contribution in [0.5, 0.6) is 0 Å². The van der Waals surface area contributed by atoms with Gasteiger partial charge >= 0.3 is 0 Å². The van der Waals surface area contributed by atoms with E-state index in [-0.39, 0.29) is 11.8 Å². The summed E-state index contributed by atoms with van der Waals surface area (Å²) in [6.07, 6.45) is 0.955. The van der Waals surface area contributed by atoms with Gasteiger partial charge in [-0.15, -0.1) is 0 Å². The highest BCUT2D eigenvalue weighted by Crippen LogP contribution is 2.19. The molecule has 0 unspecified atom stereocenters. The number of morpholine rings is 1. The number of hydrogen-bond donors (Lipinski definition) is 2. The molecule has 0 bridgehead atoms. The number of amides is 2. The van der Waals surface area contributed by atoms with Gasteiger partial charge in [-0.2, -0.15) is 0 Å². The van der Waals surface area contributed by atoms with Crippen LogP contribution in [0.4, 0.5) is 11.4 Å². The van der Waals surface area contributed by atoms with E-state index in [9.17, 15) is 9.59 Å². The van der Waals surface area contributed by atoms with Gasteiger partial charge in [0.1, 0.15) is 0 Å². The van der Waals surface area contributed by atoms with E-state index in [0.717, 1.165) is 37.7 Å². The molecular weight excluding hydrogens is 342 g/mol. The molecule has 0 atom stereocenters. The first-order valence-electron chi connectivity index (χ1n) is 9.28. The number of nitrogens with zero attached hydrogens (tertiary/aromatic N) is 1. The van der Waals surface area contributed by atoms with Gasteiger partial charge in [0.2, 0.25) is 5.91 Å². The SMILES string of the molecule is O=C(CCCNC(=O)c1ccccc1)Nc1ccc(N2CCOCC2)cc1. The third kappa shape index (κ3) is 5.82. The van der Waals surface area contributed by atoms with Crippen LogP contribution in [0.3, 0.4) is 0 Å². The Morgan fingerprint density at radius 2 is 1.67 bits per heavy atom. The van der Waals surface area contributed by atoms with Gasteiger partial charge in [0.25, 0.3) is 5.91 Å². The summed E-state index contributed by atoms with van der Waals surface area (Å²) in [5.41, 5.74) is 2.55. The zero-order valence-electron chi connectivity index (χ0n) is 15.3. The van der Waals surface area contributed by atoms with Crippen LogP contribution in [0.2, 0.25) is 0 Å². The normalized spacial score (nSPS) is 13.9. The van der Waals surface area contributed by atoms with Crippen molar-refractivity contribution in [1.29, 1.82) is 0 Å². The Morgan fingerprint density at radius 3 is 2.37 bits per heavy atom. The highest BCUT2D eigenvalue weighted by molar-refractivity contribution is 5.94. The van der Waals surface area contributed by atoms with Crippen molar-refractivity contribution in [3.8, 4) is 0 Å². The zero-order valence-corrected chi connectivity index (χ0v) is 15.3. The average Bonchev–Trinajstić information content (AvgIpc) is 2.73. The van der Waals surface area contributed by atoms with Crippen molar-refractivity contribution in [2.45, 2.75) is 12.8 Å². The van der Waals surface area contributed by atoms with Gasteiger partial charge in [-0.25, -0.2) is 0 Å². The van der Waals surface area contributed by atoms with Crippen LogP contribution in [-0.4, -0.2) is 44.7 Å². The summed E-state index contributed by atoms with van der Waals surface area (Å²) in [5.74, 6) is -0.169. The van der Waals surface area contributed by atoms with Crippen molar-refractivity contribution in [2.24, 2.45) is 0 Å². The summed E-state index contributed by atoms with van der Waals surface area (Å²) < 4.78 is 5.36. The van der Waals surface area contributed by atoms with Crippen molar-refractivity contribution in [3.05, 3.63) is 60.2 Å². The van der Waals surface area contributed by atoms with E-state index >= 15 is 0 Å². The molecule has 2 aromatic rings. The van der Waals surface area contributed by atoms with Gasteiger partial charge in [0.05, 0.1) is 13.2 Å². The second-order valence-corrected chi connectivity index (χ2v) is 6.42. The van der Waals surface area contributed by atoms with Gasteiger partial charge < -0.3 is 20.3 Å². The molecule has 0 saturated carbocycles. The van der Waals surface area contributed by atoms with Crippen molar-refractivity contribution in [3.63, 3.8) is 0 Å². The molecule has 0 radical (unpaired) electrons. The Hall–Kier alpha value is -2.86. The average molecular weight is 367 g/mol. The molecule has 142 valence electrons. The first-order chi connectivity index (χ1) is 13.2. The molecule has 1 fully saturated rings. The number of rotatable bonds is 7. The molecule has 6 heteroatoms. The Kier molecular flexibility index (Phi) is 6.82. The number of anilines is 2. The predicted molar refractivity (Wildman–Crippen MR) is 106 cm³/mol. The lowest BCUT2D eigenvalue weighted by Gasteiger charge is -2.28. The van der Waals surface area contributed by atoms with Crippen LogP contribution < -0.4 is 15.5 Å². The summed E-state index contributed by atoms with van der Waals surface area (Å²) in [7, 11) is 0. The van der Waals surface area contributed by atoms with E-state index in [2.05, 4.69) is 15.5 Å². The molecule has 3 rings (SSSR count). The fourth-order valence-electron chi connectivity index (χ4n) is 2.94. The predicted octanol–water partition coefficient (Wildman–Crippen LogP) is 2.67. The van der Waals surface area contributed by atoms with Gasteiger partial charge in [-0.3, -0.25) is 9.59 Å². The van der Waals surface area contributed by atoms with E-state index in [4.69, 9.17) is 4.74 Å². The third-order valence-electron chi connectivity index (χ3n) is 4.43. The van der Waals surface area contributed by atoms with Gasteiger partial charge in [0, 0.05) is 43.0 Å². The third-order valence-corrected chi connectivity index (χ3v) is 4.43. The van der Waals surface area contributed by atoms with E-state index in [1.54, 1.807) is 12.1 Å². The molecule has 2 amide bonds. The Balaban J connectivity index is 1.37. The maximum absolute atomic E-state index is 12.1. The van der Waals surface area contributed by atoms with Crippen molar-refractivity contribution < 1.29 is 14.3 Å². The van der Waals surface area contributed by atoms with Crippen molar-refractivity contribution in [2.75, 3.05) is 43.1 Å². The second-order valence-electron chi connectivity index (χ2n) is 6.42. The minimum Gasteiger partial charge on any atom is -0.378 e. The molecule has 1 aliphatic heterocycles. The number of nitrogens with one attached hydrogen (secondary N) is 2. The highest BCUT2D eigenvalue weighted by atomic mass is 16.5. The Labute approximate surface area is 159 Å². The number of hydrogen-bond acceptors (Lipinski definition) is 4. The molecule has 6 nitrogen and oxygen atoms in total. The molecule has 1 aliphatic rings. The van der Waals surface area contributed by atoms with Crippen LogP contribution in [0.1, 0.15) is 23.2 Å². The molecular formula is C21H25N3O3. The van der Waals surface area contributed by atoms with E-state index < -0.39 is 0 Å². The first kappa shape index (κ1) is 18.9. The zero-order chi connectivity index (χ0) is 18.9. The summed E-state index contributed by atoms with van der Waals surface area (Å²) >= 11 is 0. The van der Waals surface area contributed by atoms with Gasteiger partial charge in [-0.1, -0.05) is 18.2 Å². The van der Waals surface area contributed by atoms with Crippen LogP contribution >= 0.6 is 0 Å². The largest absolute Gasteiger partial charge is 0.378 e. The molecule has 2 aromatic carbocycles. The second kappa shape index (κ2) is 9.73. The lowest BCUT2D eigenvalue weighted by molar-refractivity contribution is -0.116. The molecule has 27 heavy (non-hydrogen) atoms. The van der Waals surface area contributed by atoms with Crippen molar-refractivity contribution >= 4 is 23.2 Å². The summed E-state index contributed by atoms with van der Waals surface area (Å²) in [5, 5.41) is 5.72. The van der Waals surface area contributed by atoms with Gasteiger partial charge in [0.15, 0.2) is 0 Å². The first-order valence-corrected chi connectivity index (χ1v) is 9.28. The quantitative estimate of drug-likeness (QED) is 0.738. The number of benzene rings is 2. The Morgan fingerprint density at radius 1 is 0.963 bits per heavy atom. The lowest BCUT2D eigenvalue weighted by atomic mass is 10.2. The fraction of sp³-hybridized carbons (Fsp3) is 0.333. The number of carbonyl (C=O) groups is 2. The summed E-state index contributed by atoms with van der Waals surface area (Å²) in [4.78, 5) is 26.3. The number of ether oxygens (including phenoxy) is 1. The highest BCUT2D eigenvalue weighted by Gasteiger charge is 2.11. The fourth-order valence-corrected chi connectivity index (χ4v) is 2.94. The molecule has 2 N–H and O–H groups in total. The topological polar surface area (TPSA) is 70.7 Å². The maximum Gasteiger partial charge on any atom is 0.251 e. The molecule has 0 aromatic heterocycles. The monoisotopic (exact) mass is 367 g/mol. The van der Waals surface area contributed by atoms with E-state index in [1.807, 2.05) is 42.5 Å². The van der Waals surface area contributed by atoms with Crippen LogP contribution in [0.15, 0.2) is 54.6 Å². The minimum absolute atomic E-state index is 0.0527. The van der Waals surface area contributed by atoms with Crippen LogP contribution in [0, 0.1) is 0 Å². The van der Waals surface area contributed by atoms with Gasteiger partial charge in [-0.05, 0) is 42.8 Å². The molecule has 0 aliphatic carbocycles. The summed E-state index contributed by atoms with van der Waals surface area (Å²) in [6, 6.07) is 16.9. The molecule has 1 saturated heterocycles. The molecule has 1 heterocycles. The van der Waals surface area contributed by atoms with E-state index in [1.165, 1.54) is 0 Å².